The average Bonchev–Trinajstić information content (AvgIpc) is 3.19. The molecule has 0 amide bonds. The van der Waals surface area contributed by atoms with Gasteiger partial charge in [0.05, 0.1) is 11.1 Å². The summed E-state index contributed by atoms with van der Waals surface area (Å²) in [6.07, 6.45) is -0.116. The van der Waals surface area contributed by atoms with E-state index in [0.29, 0.717) is 23.4 Å². The number of methoxy groups -OCH3 is 2. The Bertz CT molecular complexity index is 1370. The van der Waals surface area contributed by atoms with Gasteiger partial charge in [-0.3, -0.25) is 0 Å². The molecule has 0 radical (unpaired) electrons. The molecule has 0 bridgehead atoms. The van der Waals surface area contributed by atoms with Crippen molar-refractivity contribution in [3.8, 4) is 5.75 Å². The fraction of sp³-hybridized carbons (Fsp3) is 0.286. The third kappa shape index (κ3) is 4.22. The molecule has 0 aliphatic carbocycles. The first kappa shape index (κ1) is 23.7. The number of fused-ring (bicyclic) bond motifs is 3. The summed E-state index contributed by atoms with van der Waals surface area (Å²) in [5.41, 5.74) is 6.14. The van der Waals surface area contributed by atoms with Gasteiger partial charge in [0, 0.05) is 49.2 Å². The van der Waals surface area contributed by atoms with Crippen LogP contribution < -0.4 is 4.74 Å². The second-order valence-corrected chi connectivity index (χ2v) is 8.35. The molecule has 0 aliphatic heterocycles. The van der Waals surface area contributed by atoms with Gasteiger partial charge in [-0.25, -0.2) is 4.79 Å². The number of carbonyl (C=O) groups excluding carboxylic acids is 1. The number of hydrogen-bond donors (Lipinski definition) is 1. The molecule has 3 aromatic carbocycles. The number of benzene rings is 3. The molecule has 0 saturated carbocycles. The summed E-state index contributed by atoms with van der Waals surface area (Å²) < 4.78 is 18.6. The van der Waals surface area contributed by atoms with Crippen LogP contribution in [0.1, 0.15) is 40.4 Å². The van der Waals surface area contributed by atoms with E-state index in [0.717, 1.165) is 45.0 Å². The molecule has 1 heterocycles. The maximum Gasteiger partial charge on any atom is 0.343 e. The number of ether oxygens (including phenoxy) is 3. The quantitative estimate of drug-likeness (QED) is 0.151. The normalized spacial score (nSPS) is 11.5. The van der Waals surface area contributed by atoms with Crippen molar-refractivity contribution >= 4 is 33.5 Å². The average molecular weight is 459 g/mol. The highest BCUT2D eigenvalue weighted by Gasteiger charge is 2.21. The molecule has 0 unspecified atom stereocenters. The van der Waals surface area contributed by atoms with Crippen LogP contribution in [-0.2, 0) is 16.0 Å². The number of rotatable bonds is 8. The summed E-state index contributed by atoms with van der Waals surface area (Å²) in [5.74, 6) is 0.104. The zero-order valence-corrected chi connectivity index (χ0v) is 20.3. The lowest BCUT2D eigenvalue weighted by Crippen LogP contribution is -2.19. The van der Waals surface area contributed by atoms with Gasteiger partial charge < -0.3 is 24.2 Å². The van der Waals surface area contributed by atoms with Gasteiger partial charge in [0.15, 0.2) is 6.29 Å². The summed E-state index contributed by atoms with van der Waals surface area (Å²) in [6, 6.07) is 16.8. The van der Waals surface area contributed by atoms with E-state index in [9.17, 15) is 4.79 Å². The molecule has 0 saturated heterocycles. The first-order chi connectivity index (χ1) is 16.4. The van der Waals surface area contributed by atoms with Crippen molar-refractivity contribution in [3.05, 3.63) is 76.9 Å². The molecule has 1 N–H and O–H groups in total. The molecule has 6 heteroatoms. The first-order valence-corrected chi connectivity index (χ1v) is 11.4. The lowest BCUT2D eigenvalue weighted by Gasteiger charge is -2.17. The number of hydrogen-bond acceptors (Lipinski definition) is 5. The summed E-state index contributed by atoms with van der Waals surface area (Å²) in [5, 5.41) is 10.8. The number of esters is 1. The van der Waals surface area contributed by atoms with Crippen LogP contribution in [0.2, 0.25) is 0 Å². The van der Waals surface area contributed by atoms with Gasteiger partial charge in [-0.1, -0.05) is 18.2 Å². The highest BCUT2D eigenvalue weighted by Crippen LogP contribution is 2.37. The summed E-state index contributed by atoms with van der Waals surface area (Å²) in [7, 11) is 3.16. The zero-order valence-electron chi connectivity index (χ0n) is 20.3. The summed E-state index contributed by atoms with van der Waals surface area (Å²) in [4.78, 5) is 12.6. The molecule has 6 nitrogen and oxygen atoms in total. The number of nitrogens with zero attached hydrogens (tertiary/aromatic N) is 1. The lowest BCUT2D eigenvalue weighted by atomic mass is 9.94. The van der Waals surface area contributed by atoms with Gasteiger partial charge in [-0.2, -0.15) is 0 Å². The monoisotopic (exact) mass is 458 g/mol. The van der Waals surface area contributed by atoms with Crippen molar-refractivity contribution in [1.82, 2.24) is 4.57 Å². The van der Waals surface area contributed by atoms with Crippen LogP contribution >= 0.6 is 0 Å². The van der Waals surface area contributed by atoms with Gasteiger partial charge in [-0.15, -0.1) is 0 Å². The van der Waals surface area contributed by atoms with E-state index in [4.69, 9.17) is 19.6 Å². The van der Waals surface area contributed by atoms with Crippen molar-refractivity contribution in [2.24, 2.45) is 0 Å². The zero-order chi connectivity index (χ0) is 24.4. The fourth-order valence-corrected chi connectivity index (χ4v) is 4.64. The number of aryl methyl sites for hydroxylation is 3. The Balaban J connectivity index is 1.85. The van der Waals surface area contributed by atoms with Gasteiger partial charge in [0.25, 0.3) is 0 Å². The molecule has 1 aromatic heterocycles. The van der Waals surface area contributed by atoms with Crippen LogP contribution in [0.5, 0.6) is 5.75 Å². The smallest absolute Gasteiger partial charge is 0.343 e. The standard InChI is InChI=1S/C28H30N2O4/c1-6-30-24-13-12-20(34-28(31)19-10-8-7-9-11-19)15-22(24)26-18(3)21(14-17(2)27(26)30)23(29)16-25(32-4)33-5/h7-15,25,29H,6,16H2,1-5H3. The number of carbonyl (C=O) groups is 1. The minimum Gasteiger partial charge on any atom is -0.423 e. The van der Waals surface area contributed by atoms with Crippen LogP contribution in [0.4, 0.5) is 0 Å². The highest BCUT2D eigenvalue weighted by atomic mass is 16.7. The Kier molecular flexibility index (Phi) is 6.82. The molecule has 4 aromatic rings. The van der Waals surface area contributed by atoms with Gasteiger partial charge in [-0.05, 0) is 73.9 Å². The topological polar surface area (TPSA) is 73.5 Å². The molecule has 34 heavy (non-hydrogen) atoms. The molecule has 0 spiro atoms. The SMILES string of the molecule is CCn1c2ccc(OC(=O)c3ccccc3)cc2c2c(C)c(C(=N)CC(OC)OC)cc(C)c21. The summed E-state index contributed by atoms with van der Waals surface area (Å²) >= 11 is 0. The lowest BCUT2D eigenvalue weighted by molar-refractivity contribution is -0.0958. The van der Waals surface area contributed by atoms with Crippen LogP contribution in [0.3, 0.4) is 0 Å². The Hall–Kier alpha value is -3.48. The number of nitrogens with one attached hydrogen (secondary N) is 1. The van der Waals surface area contributed by atoms with E-state index in [1.165, 1.54) is 0 Å². The van der Waals surface area contributed by atoms with Gasteiger partial charge >= 0.3 is 5.97 Å². The van der Waals surface area contributed by atoms with E-state index in [1.807, 2.05) is 43.3 Å². The Morgan fingerprint density at radius 1 is 1.03 bits per heavy atom. The van der Waals surface area contributed by atoms with Crippen molar-refractivity contribution in [2.75, 3.05) is 14.2 Å². The van der Waals surface area contributed by atoms with Gasteiger partial charge in [0.1, 0.15) is 5.75 Å². The second kappa shape index (κ2) is 9.79. The maximum absolute atomic E-state index is 12.6. The van der Waals surface area contributed by atoms with Crippen molar-refractivity contribution in [1.29, 1.82) is 5.41 Å². The van der Waals surface area contributed by atoms with Crippen molar-refractivity contribution < 1.29 is 19.0 Å². The molecule has 176 valence electrons. The van der Waals surface area contributed by atoms with Gasteiger partial charge in [0.2, 0.25) is 0 Å². The third-order valence-electron chi connectivity index (χ3n) is 6.31. The molecule has 0 fully saturated rings. The van der Waals surface area contributed by atoms with Crippen LogP contribution in [0, 0.1) is 19.3 Å². The molecular formula is C28H30N2O4. The molecular weight excluding hydrogens is 428 g/mol. The largest absolute Gasteiger partial charge is 0.423 e. The molecule has 0 atom stereocenters. The van der Waals surface area contributed by atoms with E-state index in [2.05, 4.69) is 24.5 Å². The molecule has 0 aliphatic rings. The third-order valence-corrected chi connectivity index (χ3v) is 6.31. The van der Waals surface area contributed by atoms with Crippen LogP contribution in [-0.4, -0.2) is 36.8 Å². The Morgan fingerprint density at radius 2 is 1.74 bits per heavy atom. The van der Waals surface area contributed by atoms with E-state index in [1.54, 1.807) is 26.4 Å². The Labute approximate surface area is 199 Å². The number of aromatic nitrogens is 1. The summed E-state index contributed by atoms with van der Waals surface area (Å²) in [6.45, 7) is 7.04. The van der Waals surface area contributed by atoms with Crippen LogP contribution in [0.15, 0.2) is 54.6 Å². The minimum absolute atomic E-state index is 0.352. The highest BCUT2D eigenvalue weighted by molar-refractivity contribution is 6.15. The van der Waals surface area contributed by atoms with Crippen molar-refractivity contribution in [2.45, 2.75) is 40.0 Å². The van der Waals surface area contributed by atoms with Crippen molar-refractivity contribution in [3.63, 3.8) is 0 Å². The molecule has 4 rings (SSSR count). The Morgan fingerprint density at radius 3 is 2.38 bits per heavy atom. The minimum atomic E-state index is -0.469. The van der Waals surface area contributed by atoms with E-state index in [-0.39, 0.29) is 5.97 Å². The maximum atomic E-state index is 12.6. The van der Waals surface area contributed by atoms with E-state index >= 15 is 0 Å². The van der Waals surface area contributed by atoms with Crippen LogP contribution in [0.25, 0.3) is 21.8 Å². The second-order valence-electron chi connectivity index (χ2n) is 8.35. The first-order valence-electron chi connectivity index (χ1n) is 11.4. The predicted octanol–water partition coefficient (Wildman–Crippen LogP) is 6.03. The fourth-order valence-electron chi connectivity index (χ4n) is 4.64. The van der Waals surface area contributed by atoms with E-state index < -0.39 is 6.29 Å². The predicted molar refractivity (Wildman–Crippen MR) is 135 cm³/mol.